The largest absolute Gasteiger partial charge is 0.456 e. The van der Waals surface area contributed by atoms with Gasteiger partial charge in [-0.2, -0.15) is 0 Å². The van der Waals surface area contributed by atoms with Crippen LogP contribution in [0.1, 0.15) is 25.5 Å². The number of hydrogen-bond acceptors (Lipinski definition) is 3. The standard InChI is InChI=1S/C12H10N2O2S.C2H6/c15-11-9-8(6-16-11)13-12(17)14-10(9)7-4-2-1-3-5-7;1-2/h1-5,10H,6H2,(H2,13,14,17);1-2H3. The summed E-state index contributed by atoms with van der Waals surface area (Å²) in [6.45, 7) is 4.28. The second-order valence-electron chi connectivity index (χ2n) is 3.91. The van der Waals surface area contributed by atoms with E-state index in [9.17, 15) is 4.79 Å². The summed E-state index contributed by atoms with van der Waals surface area (Å²) in [5.74, 6) is -0.281. The molecule has 0 aromatic heterocycles. The Hall–Kier alpha value is -1.88. The Morgan fingerprint density at radius 3 is 2.63 bits per heavy atom. The first-order chi connectivity index (χ1) is 9.25. The van der Waals surface area contributed by atoms with E-state index in [0.29, 0.717) is 10.7 Å². The molecule has 100 valence electrons. The fourth-order valence-corrected chi connectivity index (χ4v) is 2.32. The van der Waals surface area contributed by atoms with Crippen LogP contribution in [-0.2, 0) is 9.53 Å². The van der Waals surface area contributed by atoms with Crippen LogP contribution in [-0.4, -0.2) is 17.7 Å². The van der Waals surface area contributed by atoms with Crippen LogP contribution in [0.25, 0.3) is 0 Å². The molecular formula is C14H16N2O2S. The third kappa shape index (κ3) is 2.61. The predicted molar refractivity (Wildman–Crippen MR) is 77.4 cm³/mol. The number of carbonyl (C=O) groups excluding carboxylic acids is 1. The SMILES string of the molecule is CC.O=C1OCC2=C1C(c1ccccc1)NC(=S)N2. The van der Waals surface area contributed by atoms with Gasteiger partial charge in [0.1, 0.15) is 6.61 Å². The van der Waals surface area contributed by atoms with Crippen LogP contribution >= 0.6 is 12.2 Å². The number of thiocarbonyl (C=S) groups is 1. The van der Waals surface area contributed by atoms with Crippen molar-refractivity contribution in [2.45, 2.75) is 19.9 Å². The van der Waals surface area contributed by atoms with Crippen LogP contribution in [0.5, 0.6) is 0 Å². The van der Waals surface area contributed by atoms with Gasteiger partial charge in [-0.05, 0) is 17.8 Å². The van der Waals surface area contributed by atoms with Crippen LogP contribution in [0.4, 0.5) is 0 Å². The second kappa shape index (κ2) is 5.84. The average Bonchev–Trinajstić information content (AvgIpc) is 2.82. The normalized spacial score (nSPS) is 20.6. The molecule has 2 aliphatic heterocycles. The summed E-state index contributed by atoms with van der Waals surface area (Å²) >= 11 is 5.12. The van der Waals surface area contributed by atoms with Crippen molar-refractivity contribution in [3.63, 3.8) is 0 Å². The maximum atomic E-state index is 11.7. The molecule has 1 aromatic carbocycles. The molecule has 2 N–H and O–H groups in total. The quantitative estimate of drug-likeness (QED) is 0.607. The Kier molecular flexibility index (Phi) is 4.16. The number of cyclic esters (lactones) is 1. The molecule has 1 unspecified atom stereocenters. The van der Waals surface area contributed by atoms with E-state index in [1.807, 2.05) is 44.2 Å². The van der Waals surface area contributed by atoms with Gasteiger partial charge in [0.25, 0.3) is 0 Å². The Morgan fingerprint density at radius 1 is 1.26 bits per heavy atom. The lowest BCUT2D eigenvalue weighted by atomic mass is 9.97. The summed E-state index contributed by atoms with van der Waals surface area (Å²) in [6.07, 6.45) is 0. The molecule has 4 nitrogen and oxygen atoms in total. The van der Waals surface area contributed by atoms with Crippen LogP contribution in [0, 0.1) is 0 Å². The van der Waals surface area contributed by atoms with E-state index < -0.39 is 0 Å². The first kappa shape index (κ1) is 13.5. The Labute approximate surface area is 117 Å². The molecule has 0 spiro atoms. The minimum absolute atomic E-state index is 0.213. The Balaban J connectivity index is 0.000000637. The van der Waals surface area contributed by atoms with Gasteiger partial charge in [-0.15, -0.1) is 0 Å². The van der Waals surface area contributed by atoms with Crippen LogP contribution in [0.2, 0.25) is 0 Å². The average molecular weight is 276 g/mol. The highest BCUT2D eigenvalue weighted by Crippen LogP contribution is 2.30. The maximum absolute atomic E-state index is 11.7. The predicted octanol–water partition coefficient (Wildman–Crippen LogP) is 2.04. The summed E-state index contributed by atoms with van der Waals surface area (Å²) < 4.78 is 5.02. The topological polar surface area (TPSA) is 50.4 Å². The van der Waals surface area contributed by atoms with E-state index in [1.54, 1.807) is 0 Å². The van der Waals surface area contributed by atoms with E-state index in [0.717, 1.165) is 11.3 Å². The van der Waals surface area contributed by atoms with Crippen molar-refractivity contribution >= 4 is 23.3 Å². The molecule has 0 saturated carbocycles. The van der Waals surface area contributed by atoms with E-state index in [4.69, 9.17) is 17.0 Å². The van der Waals surface area contributed by atoms with Gasteiger partial charge >= 0.3 is 5.97 Å². The van der Waals surface area contributed by atoms with Crippen LogP contribution < -0.4 is 10.6 Å². The van der Waals surface area contributed by atoms with Crippen molar-refractivity contribution < 1.29 is 9.53 Å². The first-order valence-electron chi connectivity index (χ1n) is 6.28. The van der Waals surface area contributed by atoms with Gasteiger partial charge in [0.15, 0.2) is 5.11 Å². The Morgan fingerprint density at radius 2 is 1.95 bits per heavy atom. The molecule has 2 aliphatic rings. The lowest BCUT2D eigenvalue weighted by Crippen LogP contribution is -2.44. The molecular weight excluding hydrogens is 260 g/mol. The number of hydrogen-bond donors (Lipinski definition) is 2. The van der Waals surface area contributed by atoms with Crippen molar-refractivity contribution in [1.29, 1.82) is 0 Å². The van der Waals surface area contributed by atoms with Gasteiger partial charge in [0, 0.05) is 0 Å². The molecule has 0 fully saturated rings. The first-order valence-corrected chi connectivity index (χ1v) is 6.69. The number of rotatable bonds is 1. The van der Waals surface area contributed by atoms with E-state index in [-0.39, 0.29) is 18.6 Å². The summed E-state index contributed by atoms with van der Waals surface area (Å²) in [4.78, 5) is 11.7. The minimum atomic E-state index is -0.281. The molecule has 0 bridgehead atoms. The molecule has 1 atom stereocenters. The molecule has 3 rings (SSSR count). The van der Waals surface area contributed by atoms with Crippen molar-refractivity contribution in [2.24, 2.45) is 0 Å². The maximum Gasteiger partial charge on any atom is 0.338 e. The zero-order valence-corrected chi connectivity index (χ0v) is 11.7. The monoisotopic (exact) mass is 276 g/mol. The third-order valence-corrected chi connectivity index (χ3v) is 3.07. The van der Waals surface area contributed by atoms with E-state index in [2.05, 4.69) is 10.6 Å². The highest BCUT2D eigenvalue weighted by atomic mass is 32.1. The minimum Gasteiger partial charge on any atom is -0.456 e. The van der Waals surface area contributed by atoms with E-state index in [1.165, 1.54) is 0 Å². The molecule has 0 saturated heterocycles. The molecule has 0 amide bonds. The van der Waals surface area contributed by atoms with Gasteiger partial charge < -0.3 is 15.4 Å². The summed E-state index contributed by atoms with van der Waals surface area (Å²) in [5.41, 5.74) is 2.40. The molecule has 2 heterocycles. The number of benzene rings is 1. The number of carbonyl (C=O) groups is 1. The molecule has 0 radical (unpaired) electrons. The Bertz CT molecular complexity index is 526. The van der Waals surface area contributed by atoms with Crippen molar-refractivity contribution in [1.82, 2.24) is 10.6 Å². The molecule has 19 heavy (non-hydrogen) atoms. The van der Waals surface area contributed by atoms with Gasteiger partial charge in [0.2, 0.25) is 0 Å². The van der Waals surface area contributed by atoms with Crippen molar-refractivity contribution in [3.05, 3.63) is 47.2 Å². The van der Waals surface area contributed by atoms with Crippen LogP contribution in [0.15, 0.2) is 41.6 Å². The van der Waals surface area contributed by atoms with Gasteiger partial charge in [-0.3, -0.25) is 0 Å². The van der Waals surface area contributed by atoms with Gasteiger partial charge in [-0.25, -0.2) is 4.79 Å². The van der Waals surface area contributed by atoms with Gasteiger partial charge in [0.05, 0.1) is 17.3 Å². The highest BCUT2D eigenvalue weighted by molar-refractivity contribution is 7.80. The van der Waals surface area contributed by atoms with E-state index >= 15 is 0 Å². The molecule has 5 heteroatoms. The zero-order chi connectivity index (χ0) is 13.8. The fraction of sp³-hybridized carbons (Fsp3) is 0.286. The lowest BCUT2D eigenvalue weighted by molar-refractivity contribution is -0.136. The number of ether oxygens (including phenoxy) is 1. The summed E-state index contributed by atoms with van der Waals surface area (Å²) in [5, 5.41) is 6.58. The van der Waals surface area contributed by atoms with Gasteiger partial charge in [-0.1, -0.05) is 44.2 Å². The summed E-state index contributed by atoms with van der Waals surface area (Å²) in [7, 11) is 0. The smallest absolute Gasteiger partial charge is 0.338 e. The summed E-state index contributed by atoms with van der Waals surface area (Å²) in [6, 6.07) is 9.51. The number of esters is 1. The number of nitrogens with one attached hydrogen (secondary N) is 2. The second-order valence-corrected chi connectivity index (χ2v) is 4.32. The highest BCUT2D eigenvalue weighted by Gasteiger charge is 2.36. The molecule has 0 aliphatic carbocycles. The lowest BCUT2D eigenvalue weighted by Gasteiger charge is -2.26. The van der Waals surface area contributed by atoms with Crippen molar-refractivity contribution in [3.8, 4) is 0 Å². The van der Waals surface area contributed by atoms with Crippen LogP contribution in [0.3, 0.4) is 0 Å². The van der Waals surface area contributed by atoms with Crippen molar-refractivity contribution in [2.75, 3.05) is 6.61 Å². The fourth-order valence-electron chi connectivity index (χ4n) is 2.08. The molecule has 1 aromatic rings. The third-order valence-electron chi connectivity index (χ3n) is 2.85. The zero-order valence-electron chi connectivity index (χ0n) is 10.9.